The van der Waals surface area contributed by atoms with Gasteiger partial charge in [0, 0.05) is 25.4 Å². The smallest absolute Gasteiger partial charge is 0.335 e. The number of amides is 1. The van der Waals surface area contributed by atoms with E-state index in [0.717, 1.165) is 24.0 Å². The average Bonchev–Trinajstić information content (AvgIpc) is 2.48. The first kappa shape index (κ1) is 15.9. The van der Waals surface area contributed by atoms with Crippen molar-refractivity contribution in [3.63, 3.8) is 0 Å². The molecule has 0 spiro atoms. The largest absolute Gasteiger partial charge is 0.478 e. The molecule has 1 saturated heterocycles. The van der Waals surface area contributed by atoms with Gasteiger partial charge in [0.15, 0.2) is 0 Å². The summed E-state index contributed by atoms with van der Waals surface area (Å²) < 4.78 is 0. The molecule has 1 fully saturated rings. The summed E-state index contributed by atoms with van der Waals surface area (Å²) in [5.74, 6) is -0.924. The van der Waals surface area contributed by atoms with Crippen molar-refractivity contribution in [1.29, 1.82) is 0 Å². The first-order chi connectivity index (χ1) is 9.93. The van der Waals surface area contributed by atoms with Crippen molar-refractivity contribution in [3.05, 3.63) is 35.4 Å². The molecule has 0 saturated carbocycles. The molecule has 2 N–H and O–H groups in total. The minimum absolute atomic E-state index is 0.0421. The molecule has 21 heavy (non-hydrogen) atoms. The van der Waals surface area contributed by atoms with Crippen molar-refractivity contribution in [1.82, 2.24) is 4.90 Å². The summed E-state index contributed by atoms with van der Waals surface area (Å²) >= 11 is 0. The molecule has 1 radical (unpaired) electrons. The molecule has 2 rings (SSSR count). The third kappa shape index (κ3) is 4.02. The maximum Gasteiger partial charge on any atom is 0.335 e. The van der Waals surface area contributed by atoms with Crippen molar-refractivity contribution >= 4 is 19.4 Å². The van der Waals surface area contributed by atoms with Gasteiger partial charge in [0.2, 0.25) is 5.91 Å². The van der Waals surface area contributed by atoms with Crippen LogP contribution < -0.4 is 0 Å². The fourth-order valence-corrected chi connectivity index (χ4v) is 4.54. The van der Waals surface area contributed by atoms with E-state index in [-0.39, 0.29) is 17.9 Å². The Morgan fingerprint density at radius 2 is 1.76 bits per heavy atom. The molecule has 0 atom stereocenters. The minimum atomic E-state index is -1.78. The fourth-order valence-electron chi connectivity index (χ4n) is 2.45. The van der Waals surface area contributed by atoms with Gasteiger partial charge in [-0.1, -0.05) is 19.1 Å². The van der Waals surface area contributed by atoms with Crippen LogP contribution in [0.15, 0.2) is 24.3 Å². The van der Waals surface area contributed by atoms with Gasteiger partial charge in [-0.25, -0.2) is 4.79 Å². The van der Waals surface area contributed by atoms with E-state index in [1.54, 1.807) is 17.0 Å². The van der Waals surface area contributed by atoms with Crippen LogP contribution in [0.1, 0.15) is 22.8 Å². The topological polar surface area (TPSA) is 77.8 Å². The van der Waals surface area contributed by atoms with Gasteiger partial charge in [0.25, 0.3) is 0 Å². The zero-order valence-electron chi connectivity index (χ0n) is 12.2. The molecule has 1 aliphatic rings. The summed E-state index contributed by atoms with van der Waals surface area (Å²) in [4.78, 5) is 35.1. The minimum Gasteiger partial charge on any atom is -0.478 e. The number of carbonyl (C=O) groups excluding carboxylic acids is 1. The van der Waals surface area contributed by atoms with Crippen LogP contribution in [0, 0.1) is 0 Å². The molecule has 0 aliphatic carbocycles. The lowest BCUT2D eigenvalue weighted by molar-refractivity contribution is -0.130. The second-order valence-corrected chi connectivity index (χ2v) is 9.14. The summed E-state index contributed by atoms with van der Waals surface area (Å²) in [5, 5.41) is 8.84. The van der Waals surface area contributed by atoms with Crippen LogP contribution in [0.3, 0.4) is 0 Å². The van der Waals surface area contributed by atoms with Crippen molar-refractivity contribution in [2.24, 2.45) is 0 Å². The quantitative estimate of drug-likeness (QED) is 0.830. The number of hydrogen-bond donors (Lipinski definition) is 2. The Labute approximate surface area is 125 Å². The third-order valence-electron chi connectivity index (χ3n) is 4.07. The molecule has 1 aliphatic heterocycles. The van der Waals surface area contributed by atoms with Crippen LogP contribution in [0.2, 0.25) is 0 Å². The number of carbonyl (C=O) groups is 2. The van der Waals surface area contributed by atoms with Gasteiger partial charge < -0.3 is 14.9 Å². The van der Waals surface area contributed by atoms with Gasteiger partial charge in [0.1, 0.15) is 0 Å². The zero-order chi connectivity index (χ0) is 15.5. The number of carboxylic acids is 1. The van der Waals surface area contributed by atoms with E-state index in [4.69, 9.17) is 5.11 Å². The van der Waals surface area contributed by atoms with Crippen molar-refractivity contribution in [2.75, 3.05) is 31.6 Å². The Kier molecular flexibility index (Phi) is 4.96. The van der Waals surface area contributed by atoms with E-state index in [9.17, 15) is 14.5 Å². The molecular formula is C15H21NO4P. The van der Waals surface area contributed by atoms with Gasteiger partial charge in [-0.15, -0.1) is 0 Å². The molecular weight excluding hydrogens is 289 g/mol. The van der Waals surface area contributed by atoms with Gasteiger partial charge in [-0.3, -0.25) is 4.79 Å². The molecule has 115 valence electrons. The Hall–Kier alpha value is -1.45. The van der Waals surface area contributed by atoms with E-state index >= 15 is 0 Å². The van der Waals surface area contributed by atoms with Crippen LogP contribution in [0.4, 0.5) is 0 Å². The third-order valence-corrected chi connectivity index (χ3v) is 7.31. The highest BCUT2D eigenvalue weighted by molar-refractivity contribution is 7.70. The van der Waals surface area contributed by atoms with Crippen molar-refractivity contribution < 1.29 is 19.6 Å². The Morgan fingerprint density at radius 1 is 1.19 bits per heavy atom. The molecule has 5 nitrogen and oxygen atoms in total. The predicted octanol–water partition coefficient (Wildman–Crippen LogP) is 1.71. The predicted molar refractivity (Wildman–Crippen MR) is 83.1 cm³/mol. The van der Waals surface area contributed by atoms with Crippen LogP contribution in [0.5, 0.6) is 0 Å². The molecule has 1 aromatic carbocycles. The maximum atomic E-state index is 12.2. The highest BCUT2D eigenvalue weighted by Crippen LogP contribution is 2.55. The number of nitrogens with zero attached hydrogens (tertiary/aromatic N) is 1. The van der Waals surface area contributed by atoms with Crippen molar-refractivity contribution in [2.45, 2.75) is 13.3 Å². The van der Waals surface area contributed by atoms with Crippen LogP contribution in [-0.2, 0) is 11.2 Å². The van der Waals surface area contributed by atoms with Gasteiger partial charge in [-0.2, -0.15) is 0 Å². The lowest BCUT2D eigenvalue weighted by Gasteiger charge is -2.39. The molecule has 0 aromatic heterocycles. The normalized spacial score (nSPS) is 17.5. The Morgan fingerprint density at radius 3 is 2.24 bits per heavy atom. The van der Waals surface area contributed by atoms with E-state index in [1.807, 2.05) is 6.92 Å². The highest BCUT2D eigenvalue weighted by Gasteiger charge is 2.30. The first-order valence-corrected chi connectivity index (χ1v) is 9.42. The molecule has 6 heteroatoms. The summed E-state index contributed by atoms with van der Waals surface area (Å²) in [6.45, 7) is 3.27. The lowest BCUT2D eigenvalue weighted by atomic mass is 10.1. The monoisotopic (exact) mass is 310 g/mol. The van der Waals surface area contributed by atoms with E-state index in [0.29, 0.717) is 13.1 Å². The maximum absolute atomic E-state index is 12.2. The average molecular weight is 310 g/mol. The lowest BCUT2D eigenvalue weighted by Crippen LogP contribution is -2.41. The summed E-state index contributed by atoms with van der Waals surface area (Å²) in [7, 11) is -1.78. The van der Waals surface area contributed by atoms with Crippen LogP contribution >= 0.6 is 7.49 Å². The summed E-state index contributed by atoms with van der Waals surface area (Å²) in [5.41, 5.74) is 1.04. The molecule has 1 aromatic rings. The van der Waals surface area contributed by atoms with E-state index < -0.39 is 13.5 Å². The summed E-state index contributed by atoms with van der Waals surface area (Å²) in [6, 6.07) is 6.40. The first-order valence-electron chi connectivity index (χ1n) is 7.12. The number of rotatable bonds is 4. The van der Waals surface area contributed by atoms with Crippen LogP contribution in [0.25, 0.3) is 0 Å². The van der Waals surface area contributed by atoms with Crippen molar-refractivity contribution in [3.8, 4) is 0 Å². The standard InChI is InChI=1S/C15H21NO4P/c1-2-21(20)9-7-16(8-10-21)14(17)11-12-3-5-13(6-4-12)15(18)19/h3-6,20H,2,7-11H2,1H3,(H,18,19). The Bertz CT molecular complexity index is 521. The number of aromatic carboxylic acids is 1. The van der Waals surface area contributed by atoms with E-state index in [2.05, 4.69) is 0 Å². The molecule has 0 unspecified atom stereocenters. The molecule has 1 heterocycles. The number of carboxylic acid groups (broad SMARTS) is 1. The van der Waals surface area contributed by atoms with Gasteiger partial charge in [-0.05, 0) is 31.3 Å². The van der Waals surface area contributed by atoms with E-state index in [1.165, 1.54) is 12.1 Å². The number of hydrogen-bond acceptors (Lipinski definition) is 3. The second-order valence-electron chi connectivity index (χ2n) is 5.42. The fraction of sp³-hybridized carbons (Fsp3) is 0.467. The molecule has 0 bridgehead atoms. The van der Waals surface area contributed by atoms with Gasteiger partial charge in [0.05, 0.1) is 12.0 Å². The Balaban J connectivity index is 1.92. The SMILES string of the molecule is CC[P]1(O)CCN(C(=O)Cc2ccc(C(=O)O)cc2)CC1. The zero-order valence-corrected chi connectivity index (χ0v) is 13.1. The van der Waals surface area contributed by atoms with Crippen LogP contribution in [-0.4, -0.2) is 58.4 Å². The van der Waals surface area contributed by atoms with Gasteiger partial charge >= 0.3 is 5.97 Å². The second kappa shape index (κ2) is 6.54. The molecule has 1 amide bonds. The highest BCUT2D eigenvalue weighted by atomic mass is 31.2. The number of benzene rings is 1. The summed E-state index contributed by atoms with van der Waals surface area (Å²) in [6.07, 6.45) is 2.56.